The lowest BCUT2D eigenvalue weighted by Crippen LogP contribution is -2.25. The van der Waals surface area contributed by atoms with E-state index in [1.807, 2.05) is 0 Å². The summed E-state index contributed by atoms with van der Waals surface area (Å²) in [7, 11) is 0. The third-order valence-corrected chi connectivity index (χ3v) is 10.2. The fraction of sp³-hybridized carbons (Fsp3) is 0.955. The highest BCUT2D eigenvalue weighted by molar-refractivity contribution is 5.69. The van der Waals surface area contributed by atoms with E-state index in [4.69, 9.17) is 9.47 Å². The predicted molar refractivity (Wildman–Crippen MR) is 212 cm³/mol. The van der Waals surface area contributed by atoms with Crippen molar-refractivity contribution in [2.24, 2.45) is 0 Å². The zero-order chi connectivity index (χ0) is 35.9. The zero-order valence-corrected chi connectivity index (χ0v) is 33.8. The Morgan fingerprint density at radius 3 is 1.24 bits per heavy atom. The van der Waals surface area contributed by atoms with Crippen LogP contribution < -0.4 is 0 Å². The second-order valence-electron chi connectivity index (χ2n) is 15.0. The second kappa shape index (κ2) is 39.7. The van der Waals surface area contributed by atoms with Gasteiger partial charge in [-0.05, 0) is 77.4 Å². The van der Waals surface area contributed by atoms with E-state index in [-0.39, 0.29) is 18.0 Å². The van der Waals surface area contributed by atoms with Crippen molar-refractivity contribution in [3.05, 3.63) is 0 Å². The van der Waals surface area contributed by atoms with Gasteiger partial charge in [-0.1, -0.05) is 169 Å². The minimum absolute atomic E-state index is 0.00374. The van der Waals surface area contributed by atoms with E-state index in [9.17, 15) is 9.59 Å². The Morgan fingerprint density at radius 2 is 0.796 bits per heavy atom. The maximum absolute atomic E-state index is 12.7. The average Bonchev–Trinajstić information content (AvgIpc) is 3.10. The molecular formula is C44H87NO4. The van der Waals surface area contributed by atoms with Gasteiger partial charge in [-0.15, -0.1) is 0 Å². The van der Waals surface area contributed by atoms with Gasteiger partial charge in [0, 0.05) is 12.8 Å². The molecule has 0 rings (SSSR count). The number of rotatable bonds is 40. The number of carbonyl (C=O) groups excluding carboxylic acids is 2. The van der Waals surface area contributed by atoms with Crippen molar-refractivity contribution in [2.45, 2.75) is 246 Å². The molecule has 0 aromatic heterocycles. The first-order valence-corrected chi connectivity index (χ1v) is 22.1. The molecule has 0 N–H and O–H groups in total. The lowest BCUT2D eigenvalue weighted by atomic mass is 10.0. The van der Waals surface area contributed by atoms with Crippen LogP contribution in [0, 0.1) is 0 Å². The lowest BCUT2D eigenvalue weighted by molar-refractivity contribution is -0.150. The van der Waals surface area contributed by atoms with Crippen LogP contribution in [0.25, 0.3) is 0 Å². The topological polar surface area (TPSA) is 55.8 Å². The van der Waals surface area contributed by atoms with Crippen molar-refractivity contribution in [3.63, 3.8) is 0 Å². The molecular weight excluding hydrogens is 606 g/mol. The quantitative estimate of drug-likeness (QED) is 0.0472. The Kier molecular flexibility index (Phi) is 38.8. The van der Waals surface area contributed by atoms with E-state index in [1.165, 1.54) is 161 Å². The first kappa shape index (κ1) is 47.9. The summed E-state index contributed by atoms with van der Waals surface area (Å²) in [6.45, 7) is 13.1. The Bertz CT molecular complexity index is 668. The van der Waals surface area contributed by atoms with Crippen molar-refractivity contribution >= 4 is 11.9 Å². The van der Waals surface area contributed by atoms with Crippen molar-refractivity contribution in [1.82, 2.24) is 4.90 Å². The molecule has 5 heteroatoms. The van der Waals surface area contributed by atoms with Gasteiger partial charge < -0.3 is 14.4 Å². The summed E-state index contributed by atoms with van der Waals surface area (Å²) in [4.78, 5) is 27.2. The van der Waals surface area contributed by atoms with Gasteiger partial charge in [0.15, 0.2) is 0 Å². The summed E-state index contributed by atoms with van der Waals surface area (Å²) >= 11 is 0. The van der Waals surface area contributed by atoms with E-state index in [2.05, 4.69) is 32.6 Å². The smallest absolute Gasteiger partial charge is 0.306 e. The standard InChI is InChI=1S/C44H87NO4/c1-5-9-12-15-18-23-30-37-43(46)48-41-34-27-20-26-33-40-45(8-4)39-32-25-19-24-31-38-44(47)49-42(35-28-21-16-13-10-6-2)36-29-22-17-14-11-7-3/h42H,5-41H2,1-4H3. The van der Waals surface area contributed by atoms with Crippen molar-refractivity contribution in [3.8, 4) is 0 Å². The Balaban J connectivity index is 3.84. The van der Waals surface area contributed by atoms with Crippen LogP contribution >= 0.6 is 0 Å². The molecule has 0 aliphatic heterocycles. The second-order valence-corrected chi connectivity index (χ2v) is 15.0. The molecule has 0 saturated carbocycles. The fourth-order valence-electron chi connectivity index (χ4n) is 6.83. The molecule has 0 unspecified atom stereocenters. The Morgan fingerprint density at radius 1 is 0.429 bits per heavy atom. The van der Waals surface area contributed by atoms with E-state index in [0.29, 0.717) is 19.4 Å². The maximum Gasteiger partial charge on any atom is 0.306 e. The summed E-state index contributed by atoms with van der Waals surface area (Å²) in [5, 5.41) is 0. The zero-order valence-electron chi connectivity index (χ0n) is 33.8. The van der Waals surface area contributed by atoms with Gasteiger partial charge in [-0.25, -0.2) is 0 Å². The minimum atomic E-state index is -0.00374. The molecule has 292 valence electrons. The van der Waals surface area contributed by atoms with Crippen molar-refractivity contribution in [1.29, 1.82) is 0 Å². The molecule has 5 nitrogen and oxygen atoms in total. The molecule has 0 heterocycles. The molecule has 49 heavy (non-hydrogen) atoms. The molecule has 0 aromatic carbocycles. The molecule has 0 aliphatic carbocycles. The molecule has 0 bridgehead atoms. The van der Waals surface area contributed by atoms with Gasteiger partial charge in [0.1, 0.15) is 6.10 Å². The minimum Gasteiger partial charge on any atom is -0.466 e. The normalized spacial score (nSPS) is 11.6. The molecule has 0 amide bonds. The molecule has 0 radical (unpaired) electrons. The van der Waals surface area contributed by atoms with Gasteiger partial charge in [0.05, 0.1) is 6.61 Å². The van der Waals surface area contributed by atoms with Crippen molar-refractivity contribution < 1.29 is 19.1 Å². The van der Waals surface area contributed by atoms with Crippen molar-refractivity contribution in [2.75, 3.05) is 26.2 Å². The number of ether oxygens (including phenoxy) is 2. The van der Waals surface area contributed by atoms with Gasteiger partial charge >= 0.3 is 11.9 Å². The number of unbranched alkanes of at least 4 members (excludes halogenated alkanes) is 24. The Labute approximate surface area is 307 Å². The van der Waals surface area contributed by atoms with E-state index in [1.54, 1.807) is 0 Å². The van der Waals surface area contributed by atoms with Gasteiger partial charge in [-0.2, -0.15) is 0 Å². The number of carbonyl (C=O) groups is 2. The number of nitrogens with zero attached hydrogens (tertiary/aromatic N) is 1. The summed E-state index contributed by atoms with van der Waals surface area (Å²) in [6.07, 6.45) is 39.3. The Hall–Kier alpha value is -1.10. The first-order chi connectivity index (χ1) is 24.1. The summed E-state index contributed by atoms with van der Waals surface area (Å²) in [5.41, 5.74) is 0. The van der Waals surface area contributed by atoms with Crippen LogP contribution in [0.1, 0.15) is 240 Å². The van der Waals surface area contributed by atoms with Crippen LogP contribution in [0.2, 0.25) is 0 Å². The average molecular weight is 694 g/mol. The van der Waals surface area contributed by atoms with E-state index < -0.39 is 0 Å². The van der Waals surface area contributed by atoms with Crippen LogP contribution in [-0.2, 0) is 19.1 Å². The number of hydrogen-bond acceptors (Lipinski definition) is 5. The highest BCUT2D eigenvalue weighted by atomic mass is 16.5. The molecule has 0 atom stereocenters. The first-order valence-electron chi connectivity index (χ1n) is 22.1. The molecule has 0 spiro atoms. The molecule has 0 saturated heterocycles. The van der Waals surface area contributed by atoms with Crippen LogP contribution in [-0.4, -0.2) is 49.2 Å². The highest BCUT2D eigenvalue weighted by Crippen LogP contribution is 2.18. The van der Waals surface area contributed by atoms with Crippen LogP contribution in [0.3, 0.4) is 0 Å². The summed E-state index contributed by atoms with van der Waals surface area (Å²) in [5.74, 6) is 0.0369. The molecule has 0 aliphatic rings. The van der Waals surface area contributed by atoms with Gasteiger partial charge in [0.25, 0.3) is 0 Å². The number of hydrogen-bond donors (Lipinski definition) is 0. The predicted octanol–water partition coefficient (Wildman–Crippen LogP) is 13.7. The highest BCUT2D eigenvalue weighted by Gasteiger charge is 2.14. The monoisotopic (exact) mass is 694 g/mol. The lowest BCUT2D eigenvalue weighted by Gasteiger charge is -2.20. The van der Waals surface area contributed by atoms with Gasteiger partial charge in [-0.3, -0.25) is 9.59 Å². The fourth-order valence-corrected chi connectivity index (χ4v) is 6.83. The van der Waals surface area contributed by atoms with Crippen LogP contribution in [0.5, 0.6) is 0 Å². The van der Waals surface area contributed by atoms with E-state index in [0.717, 1.165) is 57.9 Å². The van der Waals surface area contributed by atoms with E-state index >= 15 is 0 Å². The molecule has 0 fully saturated rings. The van der Waals surface area contributed by atoms with Gasteiger partial charge in [0.2, 0.25) is 0 Å². The van der Waals surface area contributed by atoms with Crippen LogP contribution in [0.4, 0.5) is 0 Å². The summed E-state index contributed by atoms with van der Waals surface area (Å²) < 4.78 is 11.5. The maximum atomic E-state index is 12.7. The third kappa shape index (κ3) is 36.5. The largest absolute Gasteiger partial charge is 0.466 e. The summed E-state index contributed by atoms with van der Waals surface area (Å²) in [6, 6.07) is 0. The number of esters is 2. The van der Waals surface area contributed by atoms with Crippen LogP contribution in [0.15, 0.2) is 0 Å². The molecule has 0 aromatic rings. The SMILES string of the molecule is CCCCCCCCCC(=O)OCCCCCCCN(CC)CCCCCCCC(=O)OC(CCCCCCCC)CCCCCCCC. The third-order valence-electron chi connectivity index (χ3n) is 10.2.